The molecule has 0 unspecified atom stereocenters. The van der Waals surface area contributed by atoms with Crippen molar-refractivity contribution >= 4 is 27.5 Å². The zero-order valence-electron chi connectivity index (χ0n) is 9.16. The van der Waals surface area contributed by atoms with Gasteiger partial charge in [-0.15, -0.1) is 0 Å². The molecular weight excluding hydrogens is 300 g/mol. The first-order valence-electron chi connectivity index (χ1n) is 5.29. The van der Waals surface area contributed by atoms with Crippen LogP contribution in [0.5, 0.6) is 0 Å². The van der Waals surface area contributed by atoms with E-state index < -0.39 is 0 Å². The summed E-state index contributed by atoms with van der Waals surface area (Å²) in [7, 11) is 0. The van der Waals surface area contributed by atoms with E-state index in [1.807, 2.05) is 24.3 Å². The Morgan fingerprint density at radius 1 is 1.06 bits per heavy atom. The molecule has 2 aromatic rings. The molecule has 1 aromatic carbocycles. The van der Waals surface area contributed by atoms with E-state index >= 15 is 0 Å². The number of benzene rings is 1. The molecule has 88 valence electrons. The van der Waals surface area contributed by atoms with Crippen molar-refractivity contribution in [1.29, 1.82) is 0 Å². The van der Waals surface area contributed by atoms with Gasteiger partial charge in [0.15, 0.2) is 0 Å². The van der Waals surface area contributed by atoms with Crippen LogP contribution in [-0.2, 0) is 13.1 Å². The molecule has 1 heterocycles. The summed E-state index contributed by atoms with van der Waals surface area (Å²) in [6, 6.07) is 9.98. The second-order valence-electron chi connectivity index (χ2n) is 3.71. The van der Waals surface area contributed by atoms with Crippen LogP contribution in [0.3, 0.4) is 0 Å². The van der Waals surface area contributed by atoms with Gasteiger partial charge in [0.1, 0.15) is 0 Å². The number of nitrogens with zero attached hydrogens (tertiary/aromatic N) is 1. The number of hydrogen-bond donors (Lipinski definition) is 1. The average Bonchev–Trinajstić information content (AvgIpc) is 2.35. The molecule has 0 aliphatic rings. The van der Waals surface area contributed by atoms with E-state index in [0.717, 1.165) is 22.6 Å². The maximum atomic E-state index is 6.03. The molecule has 0 amide bonds. The lowest BCUT2D eigenvalue weighted by Crippen LogP contribution is -2.12. The number of aromatic nitrogens is 1. The van der Waals surface area contributed by atoms with E-state index in [9.17, 15) is 0 Å². The smallest absolute Gasteiger partial charge is 0.0551 e. The first kappa shape index (κ1) is 12.6. The molecule has 0 aliphatic heterocycles. The molecule has 1 aromatic heterocycles. The Kier molecular flexibility index (Phi) is 4.54. The topological polar surface area (TPSA) is 24.9 Å². The quantitative estimate of drug-likeness (QED) is 0.929. The summed E-state index contributed by atoms with van der Waals surface area (Å²) in [6.45, 7) is 1.63. The van der Waals surface area contributed by atoms with Gasteiger partial charge in [0.2, 0.25) is 0 Å². The lowest BCUT2D eigenvalue weighted by molar-refractivity contribution is 0.692. The van der Waals surface area contributed by atoms with Gasteiger partial charge in [-0.05, 0) is 51.3 Å². The van der Waals surface area contributed by atoms with E-state index in [0.29, 0.717) is 0 Å². The van der Waals surface area contributed by atoms with Crippen molar-refractivity contribution in [3.05, 3.63) is 63.3 Å². The highest BCUT2D eigenvalue weighted by molar-refractivity contribution is 9.10. The fraction of sp³-hybridized carbons (Fsp3) is 0.154. The third kappa shape index (κ3) is 3.80. The van der Waals surface area contributed by atoms with E-state index in [1.165, 1.54) is 11.1 Å². The molecule has 0 fully saturated rings. The summed E-state index contributed by atoms with van der Waals surface area (Å²) >= 11 is 9.40. The Labute approximate surface area is 114 Å². The Bertz CT molecular complexity index is 488. The maximum Gasteiger partial charge on any atom is 0.0551 e. The van der Waals surface area contributed by atoms with Crippen molar-refractivity contribution in [2.75, 3.05) is 0 Å². The minimum atomic E-state index is 0.744. The molecule has 17 heavy (non-hydrogen) atoms. The molecule has 0 aliphatic carbocycles. The first-order valence-corrected chi connectivity index (χ1v) is 6.46. The van der Waals surface area contributed by atoms with Crippen molar-refractivity contribution in [2.45, 2.75) is 13.1 Å². The van der Waals surface area contributed by atoms with Gasteiger partial charge in [-0.2, -0.15) is 0 Å². The predicted octanol–water partition coefficient (Wildman–Crippen LogP) is 3.79. The van der Waals surface area contributed by atoms with E-state index in [1.54, 1.807) is 12.4 Å². The number of pyridine rings is 1. The summed E-state index contributed by atoms with van der Waals surface area (Å²) in [5.41, 5.74) is 2.40. The Morgan fingerprint density at radius 2 is 1.76 bits per heavy atom. The largest absolute Gasteiger partial charge is 0.309 e. The van der Waals surface area contributed by atoms with Gasteiger partial charge >= 0.3 is 0 Å². The van der Waals surface area contributed by atoms with Crippen LogP contribution < -0.4 is 5.32 Å². The van der Waals surface area contributed by atoms with Crippen LogP contribution in [0.15, 0.2) is 47.2 Å². The van der Waals surface area contributed by atoms with E-state index in [2.05, 4.69) is 32.3 Å². The number of nitrogens with one attached hydrogen (secondary N) is 1. The highest BCUT2D eigenvalue weighted by atomic mass is 79.9. The second kappa shape index (κ2) is 6.15. The SMILES string of the molecule is Clc1cc(CNCc2ccncc2)ccc1Br. The van der Waals surface area contributed by atoms with Crippen LogP contribution in [0, 0.1) is 0 Å². The summed E-state index contributed by atoms with van der Waals surface area (Å²) in [4.78, 5) is 3.98. The molecule has 0 spiro atoms. The van der Waals surface area contributed by atoms with Gasteiger partial charge in [0.05, 0.1) is 5.02 Å². The molecule has 0 saturated heterocycles. The number of rotatable bonds is 4. The normalized spacial score (nSPS) is 10.5. The van der Waals surface area contributed by atoms with Gasteiger partial charge < -0.3 is 5.32 Å². The summed E-state index contributed by atoms with van der Waals surface area (Å²) < 4.78 is 0.928. The van der Waals surface area contributed by atoms with Crippen molar-refractivity contribution in [3.63, 3.8) is 0 Å². The zero-order valence-corrected chi connectivity index (χ0v) is 11.5. The van der Waals surface area contributed by atoms with Gasteiger partial charge in [-0.25, -0.2) is 0 Å². The summed E-state index contributed by atoms with van der Waals surface area (Å²) in [5, 5.41) is 4.11. The van der Waals surface area contributed by atoms with Gasteiger partial charge in [-0.1, -0.05) is 17.7 Å². The standard InChI is InChI=1S/C13H12BrClN2/c14-12-2-1-11(7-13(12)15)9-17-8-10-3-5-16-6-4-10/h1-7,17H,8-9H2. The van der Waals surface area contributed by atoms with Crippen LogP contribution in [-0.4, -0.2) is 4.98 Å². The van der Waals surface area contributed by atoms with Crippen LogP contribution in [0.4, 0.5) is 0 Å². The van der Waals surface area contributed by atoms with Crippen molar-refractivity contribution in [3.8, 4) is 0 Å². The molecule has 1 N–H and O–H groups in total. The fourth-order valence-electron chi connectivity index (χ4n) is 1.50. The average molecular weight is 312 g/mol. The molecule has 0 atom stereocenters. The lowest BCUT2D eigenvalue weighted by Gasteiger charge is -2.06. The minimum absolute atomic E-state index is 0.744. The third-order valence-electron chi connectivity index (χ3n) is 2.39. The van der Waals surface area contributed by atoms with Crippen LogP contribution in [0.25, 0.3) is 0 Å². The molecule has 0 radical (unpaired) electrons. The van der Waals surface area contributed by atoms with Crippen molar-refractivity contribution in [1.82, 2.24) is 10.3 Å². The lowest BCUT2D eigenvalue weighted by atomic mass is 10.2. The highest BCUT2D eigenvalue weighted by Gasteiger charge is 1.99. The third-order valence-corrected chi connectivity index (χ3v) is 3.62. The van der Waals surface area contributed by atoms with Crippen LogP contribution >= 0.6 is 27.5 Å². The van der Waals surface area contributed by atoms with Gasteiger partial charge in [0, 0.05) is 30.0 Å². The number of hydrogen-bond acceptors (Lipinski definition) is 2. The monoisotopic (exact) mass is 310 g/mol. The predicted molar refractivity (Wildman–Crippen MR) is 73.9 cm³/mol. The van der Waals surface area contributed by atoms with Gasteiger partial charge in [-0.3, -0.25) is 4.98 Å². The van der Waals surface area contributed by atoms with Crippen molar-refractivity contribution in [2.24, 2.45) is 0 Å². The molecule has 0 saturated carbocycles. The molecule has 2 rings (SSSR count). The summed E-state index contributed by atoms with van der Waals surface area (Å²) in [5.74, 6) is 0. The Balaban J connectivity index is 1.88. The van der Waals surface area contributed by atoms with Crippen LogP contribution in [0.2, 0.25) is 5.02 Å². The highest BCUT2D eigenvalue weighted by Crippen LogP contribution is 2.23. The number of halogens is 2. The molecular formula is C13H12BrClN2. The Morgan fingerprint density at radius 3 is 2.47 bits per heavy atom. The van der Waals surface area contributed by atoms with E-state index in [4.69, 9.17) is 11.6 Å². The molecule has 0 bridgehead atoms. The summed E-state index contributed by atoms with van der Waals surface area (Å²) in [6.07, 6.45) is 3.60. The van der Waals surface area contributed by atoms with E-state index in [-0.39, 0.29) is 0 Å². The first-order chi connectivity index (χ1) is 8.25. The molecule has 2 nitrogen and oxygen atoms in total. The Hall–Kier alpha value is -0.900. The fourth-order valence-corrected chi connectivity index (χ4v) is 1.95. The maximum absolute atomic E-state index is 6.03. The molecule has 4 heteroatoms. The second-order valence-corrected chi connectivity index (χ2v) is 4.97. The van der Waals surface area contributed by atoms with Crippen LogP contribution in [0.1, 0.15) is 11.1 Å². The zero-order chi connectivity index (χ0) is 12.1. The van der Waals surface area contributed by atoms with Crippen molar-refractivity contribution < 1.29 is 0 Å². The minimum Gasteiger partial charge on any atom is -0.309 e. The van der Waals surface area contributed by atoms with Gasteiger partial charge in [0.25, 0.3) is 0 Å².